The van der Waals surface area contributed by atoms with Crippen molar-refractivity contribution in [2.75, 3.05) is 14.1 Å². The molecule has 0 saturated heterocycles. The third-order valence-corrected chi connectivity index (χ3v) is 8.05. The molecule has 3 atom stereocenters. The van der Waals surface area contributed by atoms with Crippen LogP contribution in [0.2, 0.25) is 0 Å². The number of hydrogen-bond donors (Lipinski definition) is 3. The van der Waals surface area contributed by atoms with Crippen LogP contribution in [0.5, 0.6) is 0 Å². The first-order chi connectivity index (χ1) is 17.0. The highest BCUT2D eigenvalue weighted by Crippen LogP contribution is 2.37. The van der Waals surface area contributed by atoms with Gasteiger partial charge in [0, 0.05) is 22.7 Å². The quantitative estimate of drug-likeness (QED) is 0.384. The lowest BCUT2D eigenvalue weighted by molar-refractivity contribution is -0.141. The molecule has 2 rings (SSSR count). The van der Waals surface area contributed by atoms with E-state index in [2.05, 4.69) is 28.1 Å². The van der Waals surface area contributed by atoms with Gasteiger partial charge >= 0.3 is 5.97 Å². The van der Waals surface area contributed by atoms with Gasteiger partial charge in [0.15, 0.2) is 0 Å². The van der Waals surface area contributed by atoms with Gasteiger partial charge in [0.2, 0.25) is 11.8 Å². The first kappa shape index (κ1) is 30.5. The fourth-order valence-corrected chi connectivity index (χ4v) is 5.89. The molecule has 2 aromatic rings. The smallest absolute Gasteiger partial charge is 0.331 e. The van der Waals surface area contributed by atoms with Crippen LogP contribution < -0.4 is 10.6 Å². The molecule has 0 saturated carbocycles. The van der Waals surface area contributed by atoms with Crippen LogP contribution >= 0.6 is 11.3 Å². The Kier molecular flexibility index (Phi) is 9.71. The molecule has 1 aromatic carbocycles. The fraction of sp³-hybridized carbons (Fsp3) is 0.552. The predicted octanol–water partition coefficient (Wildman–Crippen LogP) is 4.81. The highest BCUT2D eigenvalue weighted by Gasteiger charge is 2.42. The lowest BCUT2D eigenvalue weighted by Crippen LogP contribution is -2.61. The maximum Gasteiger partial charge on any atom is 0.331 e. The average molecular weight is 530 g/mol. The summed E-state index contributed by atoms with van der Waals surface area (Å²) in [6, 6.07) is 6.31. The number of carboxylic acids is 1. The molecule has 1 unspecified atom stereocenters. The van der Waals surface area contributed by atoms with E-state index in [9.17, 15) is 19.5 Å². The van der Waals surface area contributed by atoms with Gasteiger partial charge in [-0.05, 0) is 47.7 Å². The number of nitrogens with one attached hydrogen (secondary N) is 2. The number of hydrogen-bond acceptors (Lipinski definition) is 5. The summed E-state index contributed by atoms with van der Waals surface area (Å²) in [6.07, 6.45) is 1.60. The highest BCUT2D eigenvalue weighted by molar-refractivity contribution is 7.17. The topological polar surface area (TPSA) is 98.7 Å². The number of benzene rings is 1. The van der Waals surface area contributed by atoms with Crippen LogP contribution in [-0.4, -0.2) is 60.0 Å². The second kappa shape index (κ2) is 11.8. The average Bonchev–Trinajstić information content (AvgIpc) is 3.24. The van der Waals surface area contributed by atoms with Crippen LogP contribution in [0.25, 0.3) is 10.1 Å². The monoisotopic (exact) mass is 529 g/mol. The fourth-order valence-electron chi connectivity index (χ4n) is 4.76. The van der Waals surface area contributed by atoms with Crippen molar-refractivity contribution in [2.24, 2.45) is 11.3 Å². The molecule has 37 heavy (non-hydrogen) atoms. The van der Waals surface area contributed by atoms with Gasteiger partial charge in [0.1, 0.15) is 6.04 Å². The van der Waals surface area contributed by atoms with Crippen LogP contribution in [0.4, 0.5) is 0 Å². The molecule has 0 radical (unpaired) electrons. The number of carbonyl (C=O) groups is 3. The second-order valence-electron chi connectivity index (χ2n) is 11.7. The van der Waals surface area contributed by atoms with Gasteiger partial charge < -0.3 is 20.6 Å². The lowest BCUT2D eigenvalue weighted by atomic mass is 9.76. The summed E-state index contributed by atoms with van der Waals surface area (Å²) in [5, 5.41) is 18.8. The summed E-state index contributed by atoms with van der Waals surface area (Å²) in [6.45, 7) is 15.2. The van der Waals surface area contributed by atoms with Gasteiger partial charge in [0.25, 0.3) is 0 Å². The van der Waals surface area contributed by atoms with Crippen LogP contribution in [-0.2, 0) is 19.8 Å². The molecule has 0 spiro atoms. The Morgan fingerprint density at radius 3 is 2.16 bits per heavy atom. The Bertz CT molecular complexity index is 1160. The van der Waals surface area contributed by atoms with Crippen molar-refractivity contribution in [3.8, 4) is 0 Å². The zero-order valence-electron chi connectivity index (χ0n) is 23.8. The number of amides is 2. The standard InChI is InChI=1S/C29H43N3O4S/c1-17(2)21(15-18(3)27(35)36)32(10)26(34)24(28(4,5)6)31-25(33)23(30-9)29(7,8)20-16-37-22-14-12-11-13-19(20)22/h11-17,21,23-24,30H,1-10H3,(H,31,33)(H,35,36)/t21-,23?,24-/m1/s1. The molecule has 0 aliphatic heterocycles. The minimum atomic E-state index is -1.02. The molecule has 7 nitrogen and oxygen atoms in total. The molecule has 0 aliphatic carbocycles. The van der Waals surface area contributed by atoms with Crippen molar-refractivity contribution in [2.45, 2.75) is 78.9 Å². The van der Waals surface area contributed by atoms with E-state index < -0.39 is 34.9 Å². The number of nitrogens with zero attached hydrogens (tertiary/aromatic N) is 1. The molecular weight excluding hydrogens is 486 g/mol. The van der Waals surface area contributed by atoms with Gasteiger partial charge in [-0.3, -0.25) is 9.59 Å². The van der Waals surface area contributed by atoms with Crippen LogP contribution in [0.3, 0.4) is 0 Å². The van der Waals surface area contributed by atoms with E-state index >= 15 is 0 Å². The number of aliphatic carboxylic acids is 1. The van der Waals surface area contributed by atoms with Crippen molar-refractivity contribution in [1.29, 1.82) is 0 Å². The van der Waals surface area contributed by atoms with E-state index in [1.54, 1.807) is 36.4 Å². The van der Waals surface area contributed by atoms with Gasteiger partial charge in [-0.25, -0.2) is 4.79 Å². The summed E-state index contributed by atoms with van der Waals surface area (Å²) in [4.78, 5) is 40.6. The van der Waals surface area contributed by atoms with E-state index in [-0.39, 0.29) is 23.3 Å². The summed E-state index contributed by atoms with van der Waals surface area (Å²) < 4.78 is 1.16. The van der Waals surface area contributed by atoms with E-state index in [0.717, 1.165) is 15.6 Å². The minimum absolute atomic E-state index is 0.0181. The summed E-state index contributed by atoms with van der Waals surface area (Å²) in [5.41, 5.74) is 0.116. The third-order valence-electron chi connectivity index (χ3n) is 7.08. The molecule has 1 aromatic heterocycles. The first-order valence-corrected chi connectivity index (χ1v) is 13.5. The molecule has 8 heteroatoms. The Labute approximate surface area is 225 Å². The molecule has 2 amide bonds. The van der Waals surface area contributed by atoms with Gasteiger partial charge in [-0.2, -0.15) is 0 Å². The van der Waals surface area contributed by atoms with Gasteiger partial charge in [0.05, 0.1) is 12.1 Å². The van der Waals surface area contributed by atoms with Gasteiger partial charge in [-0.1, -0.05) is 72.7 Å². The number of rotatable bonds is 10. The van der Waals surface area contributed by atoms with E-state index in [1.807, 2.05) is 60.6 Å². The normalized spacial score (nSPS) is 15.4. The molecule has 0 bridgehead atoms. The van der Waals surface area contributed by atoms with Crippen LogP contribution in [0.1, 0.15) is 61.0 Å². The summed E-state index contributed by atoms with van der Waals surface area (Å²) in [7, 11) is 3.43. The van der Waals surface area contributed by atoms with E-state index in [1.165, 1.54) is 6.92 Å². The van der Waals surface area contributed by atoms with Crippen LogP contribution in [0, 0.1) is 11.3 Å². The Morgan fingerprint density at radius 2 is 1.65 bits per heavy atom. The Hall–Kier alpha value is -2.71. The van der Waals surface area contributed by atoms with Gasteiger partial charge in [-0.15, -0.1) is 11.3 Å². The highest BCUT2D eigenvalue weighted by atomic mass is 32.1. The van der Waals surface area contributed by atoms with Crippen molar-refractivity contribution < 1.29 is 19.5 Å². The van der Waals surface area contributed by atoms with Crippen molar-refractivity contribution in [3.63, 3.8) is 0 Å². The number of thiophene rings is 1. The number of likely N-dealkylation sites (N-methyl/N-ethyl adjacent to an activating group) is 2. The predicted molar refractivity (Wildman–Crippen MR) is 152 cm³/mol. The molecule has 0 aliphatic rings. The zero-order chi connectivity index (χ0) is 28.3. The largest absolute Gasteiger partial charge is 0.478 e. The Balaban J connectivity index is 2.40. The van der Waals surface area contributed by atoms with Crippen molar-refractivity contribution >= 4 is 39.2 Å². The van der Waals surface area contributed by atoms with Crippen LogP contribution in [0.15, 0.2) is 41.3 Å². The van der Waals surface area contributed by atoms with Crippen molar-refractivity contribution in [1.82, 2.24) is 15.5 Å². The number of carboxylic acid groups (broad SMARTS) is 1. The molecule has 3 N–H and O–H groups in total. The summed E-state index contributed by atoms with van der Waals surface area (Å²) in [5.74, 6) is -1.56. The SMILES string of the molecule is CNC(C(=O)N[C@H](C(=O)N(C)[C@H](C=C(C)C(=O)O)C(C)C)C(C)(C)C)C(C)(C)c1csc2ccccc12. The van der Waals surface area contributed by atoms with Crippen molar-refractivity contribution in [3.05, 3.63) is 46.9 Å². The number of carbonyl (C=O) groups excluding carboxylic acids is 2. The third kappa shape index (κ3) is 6.79. The molecule has 204 valence electrons. The maximum atomic E-state index is 13.8. The minimum Gasteiger partial charge on any atom is -0.478 e. The number of fused-ring (bicyclic) bond motifs is 1. The molecular formula is C29H43N3O4S. The summed E-state index contributed by atoms with van der Waals surface area (Å²) >= 11 is 1.65. The first-order valence-electron chi connectivity index (χ1n) is 12.7. The molecule has 1 heterocycles. The zero-order valence-corrected chi connectivity index (χ0v) is 24.6. The molecule has 0 fully saturated rings. The Morgan fingerprint density at radius 1 is 1.05 bits per heavy atom. The lowest BCUT2D eigenvalue weighted by Gasteiger charge is -2.39. The second-order valence-corrected chi connectivity index (χ2v) is 12.6. The van der Waals surface area contributed by atoms with E-state index in [0.29, 0.717) is 0 Å². The van der Waals surface area contributed by atoms with E-state index in [4.69, 9.17) is 0 Å². The maximum absolute atomic E-state index is 13.8.